The van der Waals surface area contributed by atoms with Gasteiger partial charge in [-0.1, -0.05) is 29.8 Å². The summed E-state index contributed by atoms with van der Waals surface area (Å²) < 4.78 is 0. The molecule has 2 amide bonds. The van der Waals surface area contributed by atoms with Gasteiger partial charge in [-0.2, -0.15) is 0 Å². The third kappa shape index (κ3) is 3.90. The zero-order chi connectivity index (χ0) is 19.5. The topological polar surface area (TPSA) is 65.2 Å². The molecule has 1 fully saturated rings. The number of aryl methyl sites for hydroxylation is 1. The van der Waals surface area contributed by atoms with Crippen molar-refractivity contribution >= 4 is 45.7 Å². The number of aromatic nitrogens is 1. The van der Waals surface area contributed by atoms with E-state index in [1.165, 1.54) is 10.9 Å². The van der Waals surface area contributed by atoms with Crippen LogP contribution < -0.4 is 10.2 Å². The van der Waals surface area contributed by atoms with Gasteiger partial charge in [0.2, 0.25) is 11.8 Å². The molecule has 5 nitrogen and oxygen atoms in total. The molecule has 3 aromatic rings. The van der Waals surface area contributed by atoms with E-state index in [1.54, 1.807) is 23.1 Å². The van der Waals surface area contributed by atoms with E-state index >= 15 is 0 Å². The number of aromatic amines is 1. The van der Waals surface area contributed by atoms with Gasteiger partial charge in [-0.05, 0) is 49.1 Å². The number of halogens is 1. The Labute approximate surface area is 168 Å². The first kappa shape index (κ1) is 18.6. The average Bonchev–Trinajstić information content (AvgIpc) is 3.28. The maximum absolute atomic E-state index is 12.3. The number of carbonyl (C=O) groups excluding carboxylic acids is 2. The van der Waals surface area contributed by atoms with Crippen LogP contribution in [-0.2, 0) is 16.0 Å². The fourth-order valence-electron chi connectivity index (χ4n) is 3.71. The molecule has 2 heterocycles. The van der Waals surface area contributed by atoms with E-state index in [-0.39, 0.29) is 11.8 Å². The summed E-state index contributed by atoms with van der Waals surface area (Å²) in [5.41, 5.74) is 3.71. The van der Waals surface area contributed by atoms with Gasteiger partial charge in [0.05, 0.1) is 10.7 Å². The fourth-order valence-corrected chi connectivity index (χ4v) is 3.99. The first-order chi connectivity index (χ1) is 13.6. The van der Waals surface area contributed by atoms with Gasteiger partial charge in [0.25, 0.3) is 0 Å². The van der Waals surface area contributed by atoms with Crippen molar-refractivity contribution in [3.05, 3.63) is 59.2 Å². The minimum Gasteiger partial charge on any atom is -0.361 e. The molecule has 28 heavy (non-hydrogen) atoms. The van der Waals surface area contributed by atoms with E-state index in [0.717, 1.165) is 24.8 Å². The third-order valence-electron chi connectivity index (χ3n) is 5.12. The van der Waals surface area contributed by atoms with Gasteiger partial charge < -0.3 is 15.2 Å². The third-order valence-corrected chi connectivity index (χ3v) is 5.42. The van der Waals surface area contributed by atoms with Crippen LogP contribution in [0.2, 0.25) is 5.02 Å². The number of rotatable bonds is 6. The predicted octanol–water partition coefficient (Wildman–Crippen LogP) is 4.91. The van der Waals surface area contributed by atoms with Crippen molar-refractivity contribution < 1.29 is 9.59 Å². The van der Waals surface area contributed by atoms with Gasteiger partial charge >= 0.3 is 0 Å². The van der Waals surface area contributed by atoms with Crippen LogP contribution in [-0.4, -0.2) is 23.3 Å². The highest BCUT2D eigenvalue weighted by Crippen LogP contribution is 2.31. The van der Waals surface area contributed by atoms with Gasteiger partial charge in [0.15, 0.2) is 0 Å². The molecule has 2 N–H and O–H groups in total. The van der Waals surface area contributed by atoms with Crippen LogP contribution in [0, 0.1) is 0 Å². The Morgan fingerprint density at radius 2 is 2.07 bits per heavy atom. The molecule has 0 unspecified atom stereocenters. The number of fused-ring (bicyclic) bond motifs is 1. The number of amides is 2. The van der Waals surface area contributed by atoms with E-state index in [1.807, 2.05) is 18.3 Å². The van der Waals surface area contributed by atoms with E-state index < -0.39 is 0 Å². The SMILES string of the molecule is O=C(CCCc1c[nH]c2ccccc12)Nc1ccc(N2CCCC2=O)c(Cl)c1. The van der Waals surface area contributed by atoms with Gasteiger partial charge in [0, 0.05) is 42.2 Å². The summed E-state index contributed by atoms with van der Waals surface area (Å²) in [6, 6.07) is 13.5. The molecule has 1 saturated heterocycles. The van der Waals surface area contributed by atoms with Gasteiger partial charge in [0.1, 0.15) is 0 Å². The predicted molar refractivity (Wildman–Crippen MR) is 113 cm³/mol. The van der Waals surface area contributed by atoms with Crippen LogP contribution >= 0.6 is 11.6 Å². The zero-order valence-electron chi connectivity index (χ0n) is 15.5. The molecule has 0 aliphatic carbocycles. The van der Waals surface area contributed by atoms with Crippen molar-refractivity contribution in [2.75, 3.05) is 16.8 Å². The number of para-hydroxylation sites is 1. The van der Waals surface area contributed by atoms with Crippen molar-refractivity contribution in [2.24, 2.45) is 0 Å². The standard InChI is InChI=1S/C22H22ClN3O2/c23-18-13-16(10-11-20(18)26-12-4-9-22(26)28)25-21(27)8-3-5-15-14-24-19-7-2-1-6-17(15)19/h1-2,6-7,10-11,13-14,24H,3-5,8-9,12H2,(H,25,27). The van der Waals surface area contributed by atoms with E-state index in [0.29, 0.717) is 35.8 Å². The van der Waals surface area contributed by atoms with Gasteiger partial charge in [-0.25, -0.2) is 0 Å². The van der Waals surface area contributed by atoms with E-state index in [4.69, 9.17) is 11.6 Å². The molecule has 4 rings (SSSR count). The summed E-state index contributed by atoms with van der Waals surface area (Å²) in [6.45, 7) is 0.693. The maximum atomic E-state index is 12.3. The smallest absolute Gasteiger partial charge is 0.227 e. The number of hydrogen-bond acceptors (Lipinski definition) is 2. The van der Waals surface area contributed by atoms with Crippen molar-refractivity contribution in [3.63, 3.8) is 0 Å². The Bertz CT molecular complexity index is 1030. The Morgan fingerprint density at radius 1 is 1.21 bits per heavy atom. The number of anilines is 2. The number of H-pyrrole nitrogens is 1. The largest absolute Gasteiger partial charge is 0.361 e. The summed E-state index contributed by atoms with van der Waals surface area (Å²) in [5.74, 6) is 0.0527. The highest BCUT2D eigenvalue weighted by atomic mass is 35.5. The first-order valence-electron chi connectivity index (χ1n) is 9.56. The Hall–Kier alpha value is -2.79. The number of carbonyl (C=O) groups is 2. The van der Waals surface area contributed by atoms with Crippen molar-refractivity contribution in [2.45, 2.75) is 32.1 Å². The summed E-state index contributed by atoms with van der Waals surface area (Å²) in [7, 11) is 0. The Kier molecular flexibility index (Phi) is 5.35. The summed E-state index contributed by atoms with van der Waals surface area (Å²) in [5, 5.41) is 4.58. The monoisotopic (exact) mass is 395 g/mol. The summed E-state index contributed by atoms with van der Waals surface area (Å²) in [4.78, 5) is 29.1. The second kappa shape index (κ2) is 8.07. The molecule has 0 saturated carbocycles. The molecule has 0 spiro atoms. The lowest BCUT2D eigenvalue weighted by atomic mass is 10.1. The molecule has 144 valence electrons. The van der Waals surface area contributed by atoms with Crippen molar-refractivity contribution in [1.29, 1.82) is 0 Å². The molecular weight excluding hydrogens is 374 g/mol. The lowest BCUT2D eigenvalue weighted by Gasteiger charge is -2.18. The minimum atomic E-state index is -0.0408. The molecule has 1 aliphatic heterocycles. The minimum absolute atomic E-state index is 0.0408. The maximum Gasteiger partial charge on any atom is 0.227 e. The lowest BCUT2D eigenvalue weighted by molar-refractivity contribution is -0.117. The highest BCUT2D eigenvalue weighted by Gasteiger charge is 2.23. The van der Waals surface area contributed by atoms with Crippen LogP contribution in [0.3, 0.4) is 0 Å². The molecule has 0 bridgehead atoms. The van der Waals surface area contributed by atoms with E-state index in [2.05, 4.69) is 22.4 Å². The summed E-state index contributed by atoms with van der Waals surface area (Å²) >= 11 is 6.34. The van der Waals surface area contributed by atoms with E-state index in [9.17, 15) is 9.59 Å². The quantitative estimate of drug-likeness (QED) is 0.622. The van der Waals surface area contributed by atoms with Crippen LogP contribution in [0.15, 0.2) is 48.7 Å². The normalized spacial score (nSPS) is 14.0. The summed E-state index contributed by atoms with van der Waals surface area (Å²) in [6.07, 6.45) is 5.47. The molecule has 6 heteroatoms. The van der Waals surface area contributed by atoms with Crippen molar-refractivity contribution in [1.82, 2.24) is 4.98 Å². The van der Waals surface area contributed by atoms with Gasteiger partial charge in [-0.3, -0.25) is 9.59 Å². The molecule has 1 aromatic heterocycles. The molecule has 0 radical (unpaired) electrons. The second-order valence-corrected chi connectivity index (χ2v) is 7.48. The molecule has 2 aromatic carbocycles. The highest BCUT2D eigenvalue weighted by molar-refractivity contribution is 6.34. The average molecular weight is 396 g/mol. The second-order valence-electron chi connectivity index (χ2n) is 7.08. The zero-order valence-corrected chi connectivity index (χ0v) is 16.3. The Morgan fingerprint density at radius 3 is 2.86 bits per heavy atom. The number of benzene rings is 2. The molecular formula is C22H22ClN3O2. The van der Waals surface area contributed by atoms with Crippen LogP contribution in [0.5, 0.6) is 0 Å². The first-order valence-corrected chi connectivity index (χ1v) is 9.94. The van der Waals surface area contributed by atoms with Crippen LogP contribution in [0.4, 0.5) is 11.4 Å². The number of hydrogen-bond donors (Lipinski definition) is 2. The van der Waals surface area contributed by atoms with Crippen molar-refractivity contribution in [3.8, 4) is 0 Å². The Balaban J connectivity index is 1.32. The molecule has 1 aliphatic rings. The van der Waals surface area contributed by atoms with Crippen LogP contribution in [0.25, 0.3) is 10.9 Å². The number of nitrogens with one attached hydrogen (secondary N) is 2. The molecule has 0 atom stereocenters. The fraction of sp³-hybridized carbons (Fsp3) is 0.273. The van der Waals surface area contributed by atoms with Gasteiger partial charge in [-0.15, -0.1) is 0 Å². The number of nitrogens with zero attached hydrogens (tertiary/aromatic N) is 1. The van der Waals surface area contributed by atoms with Crippen LogP contribution in [0.1, 0.15) is 31.2 Å². The lowest BCUT2D eigenvalue weighted by Crippen LogP contribution is -2.24.